The van der Waals surface area contributed by atoms with Crippen LogP contribution in [0.15, 0.2) is 63.8 Å². The van der Waals surface area contributed by atoms with E-state index in [9.17, 15) is 4.79 Å². The van der Waals surface area contributed by atoms with Crippen LogP contribution in [-0.4, -0.2) is 21.3 Å². The predicted octanol–water partition coefficient (Wildman–Crippen LogP) is 4.64. The highest BCUT2D eigenvalue weighted by atomic mass is 16.5. The van der Waals surface area contributed by atoms with Crippen molar-refractivity contribution in [3.05, 3.63) is 64.8 Å². The minimum absolute atomic E-state index is 0.111. The highest BCUT2D eigenvalue weighted by Crippen LogP contribution is 2.44. The number of hydrogen-bond donors (Lipinski definition) is 0. The highest BCUT2D eigenvalue weighted by Gasteiger charge is 2.20. The number of fused-ring (bicyclic) bond motifs is 3. The lowest BCUT2D eigenvalue weighted by atomic mass is 10.0. The molecule has 0 amide bonds. The van der Waals surface area contributed by atoms with Gasteiger partial charge in [-0.05, 0) is 29.0 Å². The summed E-state index contributed by atoms with van der Waals surface area (Å²) in [6, 6.07) is 16.5. The zero-order valence-electron chi connectivity index (χ0n) is 15.2. The number of methoxy groups -OCH3 is 3. The van der Waals surface area contributed by atoms with Crippen LogP contribution < -0.4 is 19.6 Å². The van der Waals surface area contributed by atoms with Gasteiger partial charge in [-0.1, -0.05) is 30.3 Å². The summed E-state index contributed by atoms with van der Waals surface area (Å²) in [7, 11) is 4.62. The van der Waals surface area contributed by atoms with Gasteiger partial charge in [0, 0.05) is 6.07 Å². The van der Waals surface area contributed by atoms with Crippen molar-refractivity contribution in [2.75, 3.05) is 21.3 Å². The molecule has 1 aromatic heterocycles. The molecule has 5 heteroatoms. The first-order valence-electron chi connectivity index (χ1n) is 8.43. The topological polar surface area (TPSA) is 57.9 Å². The Morgan fingerprint density at radius 2 is 1.59 bits per heavy atom. The Hall–Kier alpha value is -3.47. The van der Waals surface area contributed by atoms with Gasteiger partial charge in [-0.2, -0.15) is 0 Å². The molecule has 0 atom stereocenters. The molecular weight excluding hydrogens is 344 g/mol. The largest absolute Gasteiger partial charge is 0.493 e. The minimum atomic E-state index is -0.111. The maximum atomic E-state index is 12.9. The Morgan fingerprint density at radius 1 is 0.815 bits per heavy atom. The molecule has 136 valence electrons. The van der Waals surface area contributed by atoms with Gasteiger partial charge in [-0.25, -0.2) is 0 Å². The summed E-state index contributed by atoms with van der Waals surface area (Å²) >= 11 is 0. The third-order valence-electron chi connectivity index (χ3n) is 4.59. The zero-order chi connectivity index (χ0) is 19.0. The Morgan fingerprint density at radius 3 is 2.33 bits per heavy atom. The maximum Gasteiger partial charge on any atom is 0.204 e. The maximum absolute atomic E-state index is 12.9. The molecule has 27 heavy (non-hydrogen) atoms. The van der Waals surface area contributed by atoms with Crippen LogP contribution in [0.4, 0.5) is 0 Å². The van der Waals surface area contributed by atoms with Crippen LogP contribution in [0.25, 0.3) is 33.1 Å². The molecule has 0 unspecified atom stereocenters. The summed E-state index contributed by atoms with van der Waals surface area (Å²) in [5, 5.41) is 2.43. The SMILES string of the molecule is COc1ccc(-c2cc(=O)c3c(ccc4ccccc43)o2)c(OC)c1OC. The molecule has 0 aliphatic carbocycles. The van der Waals surface area contributed by atoms with Crippen LogP contribution in [0.1, 0.15) is 0 Å². The first-order chi connectivity index (χ1) is 13.2. The van der Waals surface area contributed by atoms with E-state index in [0.29, 0.717) is 39.5 Å². The van der Waals surface area contributed by atoms with E-state index in [0.717, 1.165) is 10.8 Å². The molecule has 0 aliphatic rings. The standard InChI is InChI=1S/C22H18O5/c1-24-18-11-9-15(21(25-2)22(18)26-3)19-12-16(23)20-14-7-5-4-6-13(14)8-10-17(20)27-19/h4-12H,1-3H3. The molecule has 5 nitrogen and oxygen atoms in total. The average molecular weight is 362 g/mol. The van der Waals surface area contributed by atoms with Gasteiger partial charge in [0.1, 0.15) is 11.3 Å². The molecule has 4 rings (SSSR count). The number of rotatable bonds is 4. The van der Waals surface area contributed by atoms with Crippen molar-refractivity contribution in [2.45, 2.75) is 0 Å². The average Bonchev–Trinajstić information content (AvgIpc) is 2.71. The summed E-state index contributed by atoms with van der Waals surface area (Å²) in [5.74, 6) is 1.83. The fourth-order valence-corrected chi connectivity index (χ4v) is 3.36. The summed E-state index contributed by atoms with van der Waals surface area (Å²) in [6.07, 6.45) is 0. The van der Waals surface area contributed by atoms with Crippen molar-refractivity contribution in [1.82, 2.24) is 0 Å². The Balaban J connectivity index is 2.01. The lowest BCUT2D eigenvalue weighted by Crippen LogP contribution is -2.02. The van der Waals surface area contributed by atoms with Crippen molar-refractivity contribution in [3.8, 4) is 28.6 Å². The van der Waals surface area contributed by atoms with E-state index in [4.69, 9.17) is 18.6 Å². The fourth-order valence-electron chi connectivity index (χ4n) is 3.36. The van der Waals surface area contributed by atoms with Crippen LogP contribution in [0, 0.1) is 0 Å². The van der Waals surface area contributed by atoms with Gasteiger partial charge in [0.15, 0.2) is 16.9 Å². The lowest BCUT2D eigenvalue weighted by Gasteiger charge is -2.15. The van der Waals surface area contributed by atoms with Crippen molar-refractivity contribution in [1.29, 1.82) is 0 Å². The molecule has 4 aromatic rings. The molecule has 0 spiro atoms. The van der Waals surface area contributed by atoms with Gasteiger partial charge in [0.25, 0.3) is 0 Å². The van der Waals surface area contributed by atoms with Crippen molar-refractivity contribution in [2.24, 2.45) is 0 Å². The number of hydrogen-bond acceptors (Lipinski definition) is 5. The molecule has 0 N–H and O–H groups in total. The fraction of sp³-hybridized carbons (Fsp3) is 0.136. The lowest BCUT2D eigenvalue weighted by molar-refractivity contribution is 0.325. The monoisotopic (exact) mass is 362 g/mol. The number of ether oxygens (including phenoxy) is 3. The second-order valence-electron chi connectivity index (χ2n) is 6.02. The van der Waals surface area contributed by atoms with E-state index < -0.39 is 0 Å². The molecule has 0 bridgehead atoms. The van der Waals surface area contributed by atoms with Gasteiger partial charge < -0.3 is 18.6 Å². The summed E-state index contributed by atoms with van der Waals surface area (Å²) < 4.78 is 22.3. The highest BCUT2D eigenvalue weighted by molar-refractivity contribution is 6.05. The van der Waals surface area contributed by atoms with Crippen LogP contribution in [0.5, 0.6) is 17.2 Å². The molecule has 1 heterocycles. The van der Waals surface area contributed by atoms with E-state index in [1.807, 2.05) is 36.4 Å². The molecule has 0 fully saturated rings. The van der Waals surface area contributed by atoms with Gasteiger partial charge in [0.05, 0.1) is 32.3 Å². The van der Waals surface area contributed by atoms with E-state index in [-0.39, 0.29) is 5.43 Å². The normalized spacial score (nSPS) is 10.9. The van der Waals surface area contributed by atoms with Gasteiger partial charge in [-0.3, -0.25) is 4.79 Å². The van der Waals surface area contributed by atoms with E-state index in [1.54, 1.807) is 19.2 Å². The predicted molar refractivity (Wildman–Crippen MR) is 105 cm³/mol. The molecule has 0 radical (unpaired) electrons. The zero-order valence-corrected chi connectivity index (χ0v) is 15.2. The Labute approximate surface area is 155 Å². The third-order valence-corrected chi connectivity index (χ3v) is 4.59. The quantitative estimate of drug-likeness (QED) is 0.495. The number of benzene rings is 3. The molecular formula is C22H18O5. The third kappa shape index (κ3) is 2.68. The van der Waals surface area contributed by atoms with Crippen molar-refractivity contribution < 1.29 is 18.6 Å². The smallest absolute Gasteiger partial charge is 0.204 e. The van der Waals surface area contributed by atoms with E-state index >= 15 is 0 Å². The first kappa shape index (κ1) is 17.0. The van der Waals surface area contributed by atoms with Crippen LogP contribution >= 0.6 is 0 Å². The molecule has 0 aliphatic heterocycles. The summed E-state index contributed by atoms with van der Waals surface area (Å²) in [6.45, 7) is 0. The Bertz CT molecular complexity index is 1210. The molecule has 0 saturated heterocycles. The van der Waals surface area contributed by atoms with Crippen LogP contribution in [0.2, 0.25) is 0 Å². The summed E-state index contributed by atoms with van der Waals surface area (Å²) in [5.41, 5.74) is 1.02. The van der Waals surface area contributed by atoms with Gasteiger partial charge in [0.2, 0.25) is 5.75 Å². The van der Waals surface area contributed by atoms with E-state index in [2.05, 4.69) is 0 Å². The van der Waals surface area contributed by atoms with E-state index in [1.165, 1.54) is 20.3 Å². The van der Waals surface area contributed by atoms with Gasteiger partial charge in [-0.15, -0.1) is 0 Å². The van der Waals surface area contributed by atoms with Crippen LogP contribution in [0.3, 0.4) is 0 Å². The Kier molecular flexibility index (Phi) is 4.20. The molecule has 3 aromatic carbocycles. The van der Waals surface area contributed by atoms with Crippen molar-refractivity contribution >= 4 is 21.7 Å². The molecule has 0 saturated carbocycles. The second kappa shape index (κ2) is 6.68. The summed E-state index contributed by atoms with van der Waals surface area (Å²) in [4.78, 5) is 12.9. The first-order valence-corrected chi connectivity index (χ1v) is 8.43. The minimum Gasteiger partial charge on any atom is -0.493 e. The van der Waals surface area contributed by atoms with Crippen LogP contribution in [-0.2, 0) is 0 Å². The van der Waals surface area contributed by atoms with Gasteiger partial charge >= 0.3 is 0 Å². The second-order valence-corrected chi connectivity index (χ2v) is 6.02. The van der Waals surface area contributed by atoms with Crippen molar-refractivity contribution in [3.63, 3.8) is 0 Å².